The SMILES string of the molecule is Cn1cc(SCCOc2cccc(C=CC(=O)O)c2)cn1. The van der Waals surface area contributed by atoms with Gasteiger partial charge in [0.2, 0.25) is 0 Å². The maximum absolute atomic E-state index is 10.5. The van der Waals surface area contributed by atoms with Crippen LogP contribution in [0.3, 0.4) is 0 Å². The van der Waals surface area contributed by atoms with E-state index in [1.807, 2.05) is 43.7 Å². The fourth-order valence-electron chi connectivity index (χ4n) is 1.67. The van der Waals surface area contributed by atoms with E-state index >= 15 is 0 Å². The Balaban J connectivity index is 1.80. The van der Waals surface area contributed by atoms with Gasteiger partial charge in [0.25, 0.3) is 0 Å². The smallest absolute Gasteiger partial charge is 0.328 e. The van der Waals surface area contributed by atoms with Crippen LogP contribution in [0, 0.1) is 0 Å². The minimum atomic E-state index is -0.964. The van der Waals surface area contributed by atoms with Gasteiger partial charge in [0, 0.05) is 30.0 Å². The van der Waals surface area contributed by atoms with E-state index in [1.165, 1.54) is 0 Å². The predicted molar refractivity (Wildman–Crippen MR) is 82.5 cm³/mol. The molecule has 21 heavy (non-hydrogen) atoms. The summed E-state index contributed by atoms with van der Waals surface area (Å²) in [6.07, 6.45) is 6.43. The van der Waals surface area contributed by atoms with Crippen molar-refractivity contribution in [1.82, 2.24) is 9.78 Å². The highest BCUT2D eigenvalue weighted by Gasteiger charge is 1.99. The van der Waals surface area contributed by atoms with Crippen LogP contribution in [0.2, 0.25) is 0 Å². The van der Waals surface area contributed by atoms with E-state index in [0.717, 1.165) is 28.0 Å². The average molecular weight is 304 g/mol. The lowest BCUT2D eigenvalue weighted by Crippen LogP contribution is -1.99. The first-order valence-corrected chi connectivity index (χ1v) is 7.37. The number of carbonyl (C=O) groups is 1. The van der Waals surface area contributed by atoms with Crippen molar-refractivity contribution >= 4 is 23.8 Å². The van der Waals surface area contributed by atoms with Gasteiger partial charge in [-0.2, -0.15) is 5.10 Å². The van der Waals surface area contributed by atoms with Gasteiger partial charge in [-0.3, -0.25) is 4.68 Å². The average Bonchev–Trinajstić information content (AvgIpc) is 2.87. The summed E-state index contributed by atoms with van der Waals surface area (Å²) < 4.78 is 7.42. The first-order valence-electron chi connectivity index (χ1n) is 6.39. The zero-order valence-electron chi connectivity index (χ0n) is 11.6. The van der Waals surface area contributed by atoms with Crippen molar-refractivity contribution in [3.63, 3.8) is 0 Å². The summed E-state index contributed by atoms with van der Waals surface area (Å²) >= 11 is 1.68. The summed E-state index contributed by atoms with van der Waals surface area (Å²) in [6, 6.07) is 7.34. The molecule has 5 nitrogen and oxygen atoms in total. The Bertz CT molecular complexity index is 637. The Morgan fingerprint density at radius 3 is 3.10 bits per heavy atom. The lowest BCUT2D eigenvalue weighted by atomic mass is 10.2. The summed E-state index contributed by atoms with van der Waals surface area (Å²) in [5, 5.41) is 12.7. The number of nitrogens with zero attached hydrogens (tertiary/aromatic N) is 2. The zero-order valence-corrected chi connectivity index (χ0v) is 12.4. The van der Waals surface area contributed by atoms with E-state index in [1.54, 1.807) is 22.5 Å². The number of aliphatic carboxylic acids is 1. The van der Waals surface area contributed by atoms with Crippen LogP contribution in [0.1, 0.15) is 5.56 Å². The van der Waals surface area contributed by atoms with Crippen molar-refractivity contribution in [3.8, 4) is 5.75 Å². The Labute approximate surface area is 127 Å². The van der Waals surface area contributed by atoms with Gasteiger partial charge < -0.3 is 9.84 Å². The Kier molecular flexibility index (Phi) is 5.45. The highest BCUT2D eigenvalue weighted by molar-refractivity contribution is 7.99. The van der Waals surface area contributed by atoms with E-state index in [-0.39, 0.29) is 0 Å². The maximum Gasteiger partial charge on any atom is 0.328 e. The molecule has 1 N–H and O–H groups in total. The number of aromatic nitrogens is 2. The molecule has 0 aliphatic heterocycles. The Hall–Kier alpha value is -2.21. The van der Waals surface area contributed by atoms with Crippen LogP contribution in [-0.4, -0.2) is 33.2 Å². The molecule has 6 heteroatoms. The molecule has 2 rings (SSSR count). The van der Waals surface area contributed by atoms with Gasteiger partial charge in [0.05, 0.1) is 12.8 Å². The fraction of sp³-hybridized carbons (Fsp3) is 0.200. The van der Waals surface area contributed by atoms with Crippen molar-refractivity contribution < 1.29 is 14.6 Å². The number of rotatable bonds is 7. The fourth-order valence-corrected chi connectivity index (χ4v) is 2.42. The van der Waals surface area contributed by atoms with E-state index in [2.05, 4.69) is 5.10 Å². The molecule has 0 atom stereocenters. The lowest BCUT2D eigenvalue weighted by molar-refractivity contribution is -0.131. The molecule has 0 radical (unpaired) electrons. The van der Waals surface area contributed by atoms with Crippen molar-refractivity contribution in [2.45, 2.75) is 4.90 Å². The predicted octanol–water partition coefficient (Wildman–Crippen LogP) is 2.69. The highest BCUT2D eigenvalue weighted by Crippen LogP contribution is 2.18. The zero-order chi connectivity index (χ0) is 15.1. The van der Waals surface area contributed by atoms with Crippen molar-refractivity contribution in [2.24, 2.45) is 7.05 Å². The number of thioether (sulfide) groups is 1. The molecule has 1 aromatic carbocycles. The van der Waals surface area contributed by atoms with Gasteiger partial charge in [-0.05, 0) is 23.8 Å². The first kappa shape index (κ1) is 15.2. The minimum Gasteiger partial charge on any atom is -0.493 e. The van der Waals surface area contributed by atoms with Gasteiger partial charge in [-0.1, -0.05) is 12.1 Å². The van der Waals surface area contributed by atoms with Crippen LogP contribution < -0.4 is 4.74 Å². The summed E-state index contributed by atoms with van der Waals surface area (Å²) in [7, 11) is 1.89. The number of carboxylic acid groups (broad SMARTS) is 1. The molecule has 0 fully saturated rings. The third kappa shape index (κ3) is 5.35. The summed E-state index contributed by atoms with van der Waals surface area (Å²) in [6.45, 7) is 0.575. The molecule has 0 amide bonds. The molecule has 2 aromatic rings. The topological polar surface area (TPSA) is 64.3 Å². The van der Waals surface area contributed by atoms with Crippen LogP contribution in [0.4, 0.5) is 0 Å². The second kappa shape index (κ2) is 7.54. The van der Waals surface area contributed by atoms with Crippen molar-refractivity contribution in [1.29, 1.82) is 0 Å². The molecule has 0 bridgehead atoms. The van der Waals surface area contributed by atoms with E-state index in [4.69, 9.17) is 9.84 Å². The standard InChI is InChI=1S/C15H16N2O3S/c1-17-11-14(10-16-17)21-8-7-20-13-4-2-3-12(9-13)5-6-15(18)19/h2-6,9-11H,7-8H2,1H3,(H,18,19). The molecule has 0 unspecified atom stereocenters. The largest absolute Gasteiger partial charge is 0.493 e. The van der Waals surface area contributed by atoms with Gasteiger partial charge in [-0.25, -0.2) is 4.79 Å². The van der Waals surface area contributed by atoms with E-state index in [9.17, 15) is 4.79 Å². The first-order chi connectivity index (χ1) is 10.1. The molecular formula is C15H16N2O3S. The highest BCUT2D eigenvalue weighted by atomic mass is 32.2. The molecule has 0 aliphatic rings. The van der Waals surface area contributed by atoms with Crippen LogP contribution in [-0.2, 0) is 11.8 Å². The third-order valence-corrected chi connectivity index (χ3v) is 3.49. The number of hydrogen-bond acceptors (Lipinski definition) is 4. The Morgan fingerprint density at radius 1 is 1.52 bits per heavy atom. The maximum atomic E-state index is 10.5. The summed E-state index contributed by atoms with van der Waals surface area (Å²) in [5.41, 5.74) is 0.801. The monoisotopic (exact) mass is 304 g/mol. The van der Waals surface area contributed by atoms with Gasteiger partial charge >= 0.3 is 5.97 Å². The van der Waals surface area contributed by atoms with Gasteiger partial charge in [-0.15, -0.1) is 11.8 Å². The molecule has 0 saturated heterocycles. The second-order valence-corrected chi connectivity index (χ2v) is 5.46. The van der Waals surface area contributed by atoms with Crippen LogP contribution in [0.25, 0.3) is 6.08 Å². The lowest BCUT2D eigenvalue weighted by Gasteiger charge is -2.06. The van der Waals surface area contributed by atoms with Gasteiger partial charge in [0.1, 0.15) is 5.75 Å². The molecular weight excluding hydrogens is 288 g/mol. The Morgan fingerprint density at radius 2 is 2.38 bits per heavy atom. The van der Waals surface area contributed by atoms with E-state index in [0.29, 0.717) is 6.61 Å². The van der Waals surface area contributed by atoms with Crippen LogP contribution in [0.15, 0.2) is 47.6 Å². The van der Waals surface area contributed by atoms with Crippen LogP contribution in [0.5, 0.6) is 5.75 Å². The number of hydrogen-bond donors (Lipinski definition) is 1. The van der Waals surface area contributed by atoms with E-state index < -0.39 is 5.97 Å². The number of aryl methyl sites for hydroxylation is 1. The molecule has 110 valence electrons. The number of carboxylic acids is 1. The molecule has 1 aromatic heterocycles. The number of ether oxygens (including phenoxy) is 1. The van der Waals surface area contributed by atoms with Crippen LogP contribution >= 0.6 is 11.8 Å². The molecule has 0 aliphatic carbocycles. The number of benzene rings is 1. The normalized spacial score (nSPS) is 10.9. The molecule has 1 heterocycles. The second-order valence-electron chi connectivity index (χ2n) is 4.29. The van der Waals surface area contributed by atoms with Crippen molar-refractivity contribution in [2.75, 3.05) is 12.4 Å². The summed E-state index contributed by atoms with van der Waals surface area (Å²) in [4.78, 5) is 11.6. The van der Waals surface area contributed by atoms with Gasteiger partial charge in [0.15, 0.2) is 0 Å². The minimum absolute atomic E-state index is 0.575. The molecule has 0 saturated carbocycles. The third-order valence-electron chi connectivity index (χ3n) is 2.58. The van der Waals surface area contributed by atoms with Crippen molar-refractivity contribution in [3.05, 3.63) is 48.3 Å². The summed E-state index contributed by atoms with van der Waals surface area (Å²) in [5.74, 6) is 0.587. The molecule has 0 spiro atoms. The quantitative estimate of drug-likeness (QED) is 0.484.